The van der Waals surface area contributed by atoms with E-state index in [4.69, 9.17) is 0 Å². The van der Waals surface area contributed by atoms with Crippen LogP contribution in [-0.4, -0.2) is 18.0 Å². The fourth-order valence-corrected chi connectivity index (χ4v) is 5.12. The van der Waals surface area contributed by atoms with Crippen LogP contribution >= 0.6 is 0 Å². The quantitative estimate of drug-likeness (QED) is 0.777. The van der Waals surface area contributed by atoms with Gasteiger partial charge in [0.15, 0.2) is 0 Å². The lowest BCUT2D eigenvalue weighted by molar-refractivity contribution is 0.0494. The highest BCUT2D eigenvalue weighted by Crippen LogP contribution is 2.59. The normalized spacial score (nSPS) is 38.2. The number of hydrogen-bond acceptors (Lipinski definition) is 1. The van der Waals surface area contributed by atoms with Gasteiger partial charge in [0.05, 0.1) is 5.54 Å². The van der Waals surface area contributed by atoms with Gasteiger partial charge in [0, 0.05) is 5.56 Å². The Kier molecular flexibility index (Phi) is 2.70. The molecular formula is C17H22FN. The standard InChI is InChI=1S/C17H22FN/c18-16-6-2-1-5-15(16)17(19-9-3-4-10-19)12-13-7-8-14(17)11-13/h1-2,5-6,13-14H,3-4,7-12H2. The Labute approximate surface area is 114 Å². The van der Waals surface area contributed by atoms with E-state index < -0.39 is 0 Å². The lowest BCUT2D eigenvalue weighted by Gasteiger charge is -2.46. The van der Waals surface area contributed by atoms with E-state index in [-0.39, 0.29) is 11.4 Å². The smallest absolute Gasteiger partial charge is 0.128 e. The first-order chi connectivity index (χ1) is 9.30. The summed E-state index contributed by atoms with van der Waals surface area (Å²) in [6, 6.07) is 7.54. The van der Waals surface area contributed by atoms with Gasteiger partial charge in [0.2, 0.25) is 0 Å². The first kappa shape index (κ1) is 11.9. The number of benzene rings is 1. The van der Waals surface area contributed by atoms with Crippen LogP contribution in [0.3, 0.4) is 0 Å². The molecule has 0 radical (unpaired) electrons. The molecule has 3 unspecified atom stereocenters. The summed E-state index contributed by atoms with van der Waals surface area (Å²) in [5.41, 5.74) is 1.02. The lowest BCUT2D eigenvalue weighted by Crippen LogP contribution is -2.49. The average Bonchev–Trinajstić information content (AvgIpc) is 3.15. The summed E-state index contributed by atoms with van der Waals surface area (Å²) in [6.07, 6.45) is 7.76. The first-order valence-corrected chi connectivity index (χ1v) is 7.81. The van der Waals surface area contributed by atoms with Crippen molar-refractivity contribution in [3.8, 4) is 0 Å². The Morgan fingerprint density at radius 3 is 2.53 bits per heavy atom. The van der Waals surface area contributed by atoms with Gasteiger partial charge in [-0.3, -0.25) is 4.90 Å². The minimum Gasteiger partial charge on any atom is -0.293 e. The highest BCUT2D eigenvalue weighted by Gasteiger charge is 2.56. The molecule has 1 aliphatic heterocycles. The number of hydrogen-bond donors (Lipinski definition) is 0. The van der Waals surface area contributed by atoms with Crippen molar-refractivity contribution < 1.29 is 4.39 Å². The molecule has 3 atom stereocenters. The molecular weight excluding hydrogens is 237 g/mol. The predicted octanol–water partition coefficient (Wildman–Crippen LogP) is 3.94. The maximum absolute atomic E-state index is 14.4. The summed E-state index contributed by atoms with van der Waals surface area (Å²) < 4.78 is 14.4. The van der Waals surface area contributed by atoms with Crippen molar-refractivity contribution in [3.05, 3.63) is 35.6 Å². The molecule has 2 bridgehead atoms. The second kappa shape index (κ2) is 4.31. The zero-order chi connectivity index (χ0) is 12.9. The highest BCUT2D eigenvalue weighted by molar-refractivity contribution is 5.31. The third kappa shape index (κ3) is 1.62. The van der Waals surface area contributed by atoms with Crippen LogP contribution in [-0.2, 0) is 5.54 Å². The predicted molar refractivity (Wildman–Crippen MR) is 74.3 cm³/mol. The van der Waals surface area contributed by atoms with E-state index in [9.17, 15) is 4.39 Å². The van der Waals surface area contributed by atoms with E-state index in [0.29, 0.717) is 5.92 Å². The van der Waals surface area contributed by atoms with Crippen LogP contribution in [0, 0.1) is 17.7 Å². The van der Waals surface area contributed by atoms with E-state index >= 15 is 0 Å². The SMILES string of the molecule is Fc1ccccc1C1(N2CCCC2)CC2CCC1C2. The molecule has 1 heterocycles. The van der Waals surface area contributed by atoms with Crippen LogP contribution in [0.15, 0.2) is 24.3 Å². The summed E-state index contributed by atoms with van der Waals surface area (Å²) in [5.74, 6) is 1.54. The topological polar surface area (TPSA) is 3.24 Å². The molecule has 1 nitrogen and oxygen atoms in total. The third-order valence-corrected chi connectivity index (χ3v) is 5.83. The lowest BCUT2D eigenvalue weighted by atomic mass is 9.74. The Bertz CT molecular complexity index is 480. The molecule has 1 aromatic rings. The van der Waals surface area contributed by atoms with Crippen LogP contribution < -0.4 is 0 Å². The van der Waals surface area contributed by atoms with Gasteiger partial charge in [-0.15, -0.1) is 0 Å². The fourth-order valence-electron chi connectivity index (χ4n) is 5.12. The summed E-state index contributed by atoms with van der Waals surface area (Å²) in [6.45, 7) is 2.33. The van der Waals surface area contributed by atoms with Gasteiger partial charge in [-0.25, -0.2) is 4.39 Å². The van der Waals surface area contributed by atoms with Gasteiger partial charge in [-0.1, -0.05) is 24.6 Å². The number of halogens is 1. The van der Waals surface area contributed by atoms with Crippen molar-refractivity contribution in [2.24, 2.45) is 11.8 Å². The first-order valence-electron chi connectivity index (χ1n) is 7.81. The van der Waals surface area contributed by atoms with Gasteiger partial charge >= 0.3 is 0 Å². The van der Waals surface area contributed by atoms with Crippen molar-refractivity contribution >= 4 is 0 Å². The monoisotopic (exact) mass is 259 g/mol. The van der Waals surface area contributed by atoms with E-state index in [0.717, 1.165) is 24.6 Å². The Morgan fingerprint density at radius 1 is 1.11 bits per heavy atom. The minimum atomic E-state index is 0.0157. The molecule has 102 valence electrons. The third-order valence-electron chi connectivity index (χ3n) is 5.83. The number of rotatable bonds is 2. The number of fused-ring (bicyclic) bond motifs is 2. The van der Waals surface area contributed by atoms with Crippen LogP contribution in [0.1, 0.15) is 44.1 Å². The highest BCUT2D eigenvalue weighted by atomic mass is 19.1. The van der Waals surface area contributed by atoms with Gasteiger partial charge in [-0.05, 0) is 63.1 Å². The maximum Gasteiger partial charge on any atom is 0.128 e. The second-order valence-corrected chi connectivity index (χ2v) is 6.68. The maximum atomic E-state index is 14.4. The largest absolute Gasteiger partial charge is 0.293 e. The minimum absolute atomic E-state index is 0.0157. The summed E-state index contributed by atoms with van der Waals surface area (Å²) >= 11 is 0. The van der Waals surface area contributed by atoms with Gasteiger partial charge in [-0.2, -0.15) is 0 Å². The van der Waals surface area contributed by atoms with E-state index in [1.807, 2.05) is 18.2 Å². The summed E-state index contributed by atoms with van der Waals surface area (Å²) in [5, 5.41) is 0. The number of likely N-dealkylation sites (tertiary alicyclic amines) is 1. The van der Waals surface area contributed by atoms with Crippen molar-refractivity contribution in [1.29, 1.82) is 0 Å². The molecule has 2 heteroatoms. The molecule has 0 spiro atoms. The molecule has 0 aromatic heterocycles. The van der Waals surface area contributed by atoms with E-state index in [2.05, 4.69) is 4.90 Å². The number of nitrogens with zero attached hydrogens (tertiary/aromatic N) is 1. The van der Waals surface area contributed by atoms with Crippen molar-refractivity contribution in [1.82, 2.24) is 4.90 Å². The summed E-state index contributed by atoms with van der Waals surface area (Å²) in [7, 11) is 0. The molecule has 4 rings (SSSR count). The Hall–Kier alpha value is -0.890. The second-order valence-electron chi connectivity index (χ2n) is 6.68. The molecule has 0 N–H and O–H groups in total. The van der Waals surface area contributed by atoms with Gasteiger partial charge in [0.1, 0.15) is 5.82 Å². The zero-order valence-corrected chi connectivity index (χ0v) is 11.4. The Balaban J connectivity index is 1.82. The molecule has 3 fully saturated rings. The van der Waals surface area contributed by atoms with Crippen molar-refractivity contribution in [3.63, 3.8) is 0 Å². The molecule has 0 amide bonds. The molecule has 19 heavy (non-hydrogen) atoms. The van der Waals surface area contributed by atoms with Gasteiger partial charge < -0.3 is 0 Å². The molecule has 1 saturated heterocycles. The molecule has 3 aliphatic rings. The summed E-state index contributed by atoms with van der Waals surface area (Å²) in [4.78, 5) is 2.62. The fraction of sp³-hybridized carbons (Fsp3) is 0.647. The van der Waals surface area contributed by atoms with Gasteiger partial charge in [0.25, 0.3) is 0 Å². The molecule has 2 aliphatic carbocycles. The zero-order valence-electron chi connectivity index (χ0n) is 11.4. The van der Waals surface area contributed by atoms with Crippen LogP contribution in [0.4, 0.5) is 4.39 Å². The van der Waals surface area contributed by atoms with E-state index in [1.54, 1.807) is 6.07 Å². The van der Waals surface area contributed by atoms with Crippen LogP contribution in [0.25, 0.3) is 0 Å². The Morgan fingerprint density at radius 2 is 1.89 bits per heavy atom. The molecule has 1 aromatic carbocycles. The average molecular weight is 259 g/mol. The van der Waals surface area contributed by atoms with Crippen molar-refractivity contribution in [2.75, 3.05) is 13.1 Å². The molecule has 2 saturated carbocycles. The van der Waals surface area contributed by atoms with Crippen LogP contribution in [0.5, 0.6) is 0 Å². The van der Waals surface area contributed by atoms with Crippen molar-refractivity contribution in [2.45, 2.75) is 44.1 Å². The van der Waals surface area contributed by atoms with E-state index in [1.165, 1.54) is 38.5 Å². The van der Waals surface area contributed by atoms with Crippen LogP contribution in [0.2, 0.25) is 0 Å².